The fourth-order valence-electron chi connectivity index (χ4n) is 5.27. The highest BCUT2D eigenvalue weighted by Gasteiger charge is 2.34. The summed E-state index contributed by atoms with van der Waals surface area (Å²) in [5, 5.41) is 4.27. The number of aryl methyl sites for hydroxylation is 1. The molecular weight excluding hydrogens is 499 g/mol. The molecule has 0 radical (unpaired) electrons. The van der Waals surface area contributed by atoms with Gasteiger partial charge in [-0.1, -0.05) is 49.6 Å². The minimum Gasteiger partial charge on any atom is -0.369 e. The molecule has 0 amide bonds. The molecule has 8 heteroatoms. The van der Waals surface area contributed by atoms with Gasteiger partial charge in [-0.15, -0.1) is 0 Å². The largest absolute Gasteiger partial charge is 0.418 e. The number of fused-ring (bicyclic) bond motifs is 1. The van der Waals surface area contributed by atoms with Gasteiger partial charge in [-0.2, -0.15) is 13.2 Å². The zero-order chi connectivity index (χ0) is 27.2. The van der Waals surface area contributed by atoms with Crippen LogP contribution >= 0.6 is 0 Å². The second kappa shape index (κ2) is 12.1. The maximum Gasteiger partial charge on any atom is 0.418 e. The van der Waals surface area contributed by atoms with Crippen LogP contribution in [0.2, 0.25) is 0 Å². The van der Waals surface area contributed by atoms with E-state index in [4.69, 9.17) is 9.97 Å². The van der Waals surface area contributed by atoms with Crippen molar-refractivity contribution in [2.45, 2.75) is 58.2 Å². The van der Waals surface area contributed by atoms with Crippen molar-refractivity contribution in [1.29, 1.82) is 0 Å². The molecule has 5 rings (SSSR count). The summed E-state index contributed by atoms with van der Waals surface area (Å²) in [6.07, 6.45) is 3.78. The highest BCUT2D eigenvalue weighted by molar-refractivity contribution is 5.92. The first kappa shape index (κ1) is 27.1. The minimum absolute atomic E-state index is 0.0927. The normalized spacial score (nSPS) is 15.2. The molecule has 0 saturated carbocycles. The van der Waals surface area contributed by atoms with Crippen molar-refractivity contribution in [1.82, 2.24) is 19.9 Å². The molecule has 2 aromatic heterocycles. The Morgan fingerprint density at radius 3 is 2.44 bits per heavy atom. The fraction of sp³-hybridized carbons (Fsp3) is 0.387. The predicted octanol–water partition coefficient (Wildman–Crippen LogP) is 7.44. The van der Waals surface area contributed by atoms with Gasteiger partial charge in [0, 0.05) is 23.7 Å². The molecule has 0 aliphatic carbocycles. The van der Waals surface area contributed by atoms with Crippen LogP contribution in [-0.4, -0.2) is 39.5 Å². The van der Waals surface area contributed by atoms with Gasteiger partial charge in [0.15, 0.2) is 0 Å². The monoisotopic (exact) mass is 533 g/mol. The number of pyridine rings is 1. The molecule has 0 spiro atoms. The number of rotatable bonds is 7. The predicted molar refractivity (Wildman–Crippen MR) is 150 cm³/mol. The van der Waals surface area contributed by atoms with Crippen molar-refractivity contribution in [3.05, 3.63) is 83.3 Å². The molecule has 5 nitrogen and oxygen atoms in total. The summed E-state index contributed by atoms with van der Waals surface area (Å²) in [5.74, 6) is 1.38. The van der Waals surface area contributed by atoms with Crippen molar-refractivity contribution in [3.8, 4) is 11.3 Å². The van der Waals surface area contributed by atoms with Gasteiger partial charge in [-0.3, -0.25) is 9.88 Å². The summed E-state index contributed by atoms with van der Waals surface area (Å²) in [6.45, 7) is 5.40. The van der Waals surface area contributed by atoms with Gasteiger partial charge in [0.1, 0.15) is 11.6 Å². The molecule has 39 heavy (non-hydrogen) atoms. The molecule has 0 unspecified atom stereocenters. The highest BCUT2D eigenvalue weighted by Crippen LogP contribution is 2.37. The minimum atomic E-state index is -4.50. The van der Waals surface area contributed by atoms with Crippen molar-refractivity contribution in [2.75, 3.05) is 25.0 Å². The smallest absolute Gasteiger partial charge is 0.369 e. The number of halogens is 3. The molecule has 2 aromatic carbocycles. The van der Waals surface area contributed by atoms with Crippen molar-refractivity contribution in [3.63, 3.8) is 0 Å². The van der Waals surface area contributed by atoms with Crippen molar-refractivity contribution >= 4 is 16.7 Å². The van der Waals surface area contributed by atoms with E-state index in [-0.39, 0.29) is 5.69 Å². The maximum atomic E-state index is 13.7. The van der Waals surface area contributed by atoms with Gasteiger partial charge < -0.3 is 5.32 Å². The molecule has 1 N–H and O–H groups in total. The summed E-state index contributed by atoms with van der Waals surface area (Å²) >= 11 is 0. The standard InChI is InChI=1S/C31H34F3N5/c1-22-10-5-6-11-23(22)15-17-36-30-25-14-13-24(29-26(31(32,33)34)12-9-16-35-29)20-27(25)37-28(38-30)21-39-18-7-3-2-4-8-19-39/h5-6,9-14,16,20H,2-4,7-8,15,17-19,21H2,1H3,(H,36,37,38). The molecular formula is C31H34F3N5. The van der Waals surface area contributed by atoms with E-state index in [1.807, 2.05) is 12.1 Å². The molecule has 204 valence electrons. The summed E-state index contributed by atoms with van der Waals surface area (Å²) in [5.41, 5.74) is 2.66. The second-order valence-corrected chi connectivity index (χ2v) is 10.3. The third kappa shape index (κ3) is 6.74. The molecule has 1 aliphatic heterocycles. The number of hydrogen-bond acceptors (Lipinski definition) is 5. The van der Waals surface area contributed by atoms with Crippen molar-refractivity contribution < 1.29 is 13.2 Å². The average molecular weight is 534 g/mol. The Bertz CT molecular complexity index is 1410. The molecule has 0 bridgehead atoms. The third-order valence-electron chi connectivity index (χ3n) is 7.39. The average Bonchev–Trinajstić information content (AvgIpc) is 2.90. The zero-order valence-electron chi connectivity index (χ0n) is 22.3. The lowest BCUT2D eigenvalue weighted by atomic mass is 10.0. The number of likely N-dealkylation sites (tertiary alicyclic amines) is 1. The van der Waals surface area contributed by atoms with Gasteiger partial charge in [-0.25, -0.2) is 9.97 Å². The van der Waals surface area contributed by atoms with Gasteiger partial charge >= 0.3 is 6.18 Å². The molecule has 3 heterocycles. The molecule has 0 atom stereocenters. The molecule has 1 aliphatic rings. The van der Waals surface area contributed by atoms with E-state index in [0.717, 1.165) is 43.8 Å². The topological polar surface area (TPSA) is 53.9 Å². The first-order valence-corrected chi connectivity index (χ1v) is 13.7. The van der Waals surface area contributed by atoms with Crippen LogP contribution in [0.3, 0.4) is 0 Å². The lowest BCUT2D eigenvalue weighted by molar-refractivity contribution is -0.137. The van der Waals surface area contributed by atoms with Crippen LogP contribution in [0, 0.1) is 6.92 Å². The summed E-state index contributed by atoms with van der Waals surface area (Å²) in [7, 11) is 0. The van der Waals surface area contributed by atoms with E-state index in [1.54, 1.807) is 18.2 Å². The van der Waals surface area contributed by atoms with E-state index in [9.17, 15) is 13.2 Å². The second-order valence-electron chi connectivity index (χ2n) is 10.3. The Balaban J connectivity index is 1.49. The van der Waals surface area contributed by atoms with Crippen LogP contribution in [0.4, 0.5) is 19.0 Å². The van der Waals surface area contributed by atoms with E-state index in [0.29, 0.717) is 35.8 Å². The van der Waals surface area contributed by atoms with Crippen molar-refractivity contribution in [2.24, 2.45) is 0 Å². The Morgan fingerprint density at radius 2 is 1.67 bits per heavy atom. The van der Waals surface area contributed by atoms with Gasteiger partial charge in [0.25, 0.3) is 0 Å². The molecule has 1 saturated heterocycles. The number of nitrogens with one attached hydrogen (secondary N) is 1. The Kier molecular flexibility index (Phi) is 8.41. The van der Waals surface area contributed by atoms with Crippen LogP contribution in [0.25, 0.3) is 22.2 Å². The van der Waals surface area contributed by atoms with Crippen LogP contribution in [0.1, 0.15) is 54.6 Å². The number of hydrogen-bond donors (Lipinski definition) is 1. The van der Waals surface area contributed by atoms with Gasteiger partial charge in [-0.05, 0) is 74.7 Å². The number of nitrogens with zero attached hydrogens (tertiary/aromatic N) is 4. The van der Waals surface area contributed by atoms with Crippen LogP contribution in [0.5, 0.6) is 0 Å². The molecule has 4 aromatic rings. The SMILES string of the molecule is Cc1ccccc1CCNc1nc(CN2CCCCCCC2)nc2cc(-c3ncccc3C(F)(F)F)ccc12. The Hall–Kier alpha value is -3.52. The maximum absolute atomic E-state index is 13.7. The lowest BCUT2D eigenvalue weighted by Gasteiger charge is -2.24. The van der Waals surface area contributed by atoms with E-state index in [1.165, 1.54) is 42.7 Å². The van der Waals surface area contributed by atoms with Crippen LogP contribution < -0.4 is 5.32 Å². The van der Waals surface area contributed by atoms with E-state index in [2.05, 4.69) is 34.3 Å². The third-order valence-corrected chi connectivity index (χ3v) is 7.39. The summed E-state index contributed by atoms with van der Waals surface area (Å²) in [4.78, 5) is 16.2. The summed E-state index contributed by atoms with van der Waals surface area (Å²) in [6, 6.07) is 15.9. The van der Waals surface area contributed by atoms with Gasteiger partial charge in [0.05, 0.1) is 23.3 Å². The van der Waals surface area contributed by atoms with E-state index >= 15 is 0 Å². The quantitative estimate of drug-likeness (QED) is 0.268. The number of benzene rings is 2. The number of aromatic nitrogens is 3. The lowest BCUT2D eigenvalue weighted by Crippen LogP contribution is -2.28. The summed E-state index contributed by atoms with van der Waals surface area (Å²) < 4.78 is 41.2. The zero-order valence-corrected chi connectivity index (χ0v) is 22.3. The number of alkyl halides is 3. The van der Waals surface area contributed by atoms with Gasteiger partial charge in [0.2, 0.25) is 0 Å². The Morgan fingerprint density at radius 1 is 0.897 bits per heavy atom. The number of anilines is 1. The Labute approximate surface area is 227 Å². The highest BCUT2D eigenvalue weighted by atomic mass is 19.4. The van der Waals surface area contributed by atoms with E-state index < -0.39 is 11.7 Å². The molecule has 1 fully saturated rings. The van der Waals surface area contributed by atoms with Crippen LogP contribution in [0.15, 0.2) is 60.8 Å². The fourth-order valence-corrected chi connectivity index (χ4v) is 5.27. The van der Waals surface area contributed by atoms with Crippen LogP contribution in [-0.2, 0) is 19.1 Å². The first-order valence-electron chi connectivity index (χ1n) is 13.7. The first-order chi connectivity index (χ1) is 18.9.